The van der Waals surface area contributed by atoms with Crippen molar-refractivity contribution in [3.8, 4) is 0 Å². The number of allylic oxidation sites excluding steroid dienone is 8. The Kier molecular flexibility index (Phi) is 38.1. The van der Waals surface area contributed by atoms with Gasteiger partial charge < -0.3 is 20.1 Å². The molecular weight excluding hydrogens is 689 g/mol. The summed E-state index contributed by atoms with van der Waals surface area (Å²) in [7, 11) is -4.39. The molecule has 53 heavy (non-hydrogen) atoms. The number of rotatable bonds is 39. The molecule has 0 saturated heterocycles. The number of carbonyl (C=O) groups is 2. The molecule has 0 aromatic carbocycles. The summed E-state index contributed by atoms with van der Waals surface area (Å²) in [6.45, 7) is 3.64. The molecule has 0 amide bonds. The van der Waals surface area contributed by atoms with Crippen molar-refractivity contribution >= 4 is 19.8 Å². The normalized spacial score (nSPS) is 13.8. The second kappa shape index (κ2) is 39.7. The first kappa shape index (κ1) is 51.0. The van der Waals surface area contributed by atoms with Gasteiger partial charge in [-0.2, -0.15) is 0 Å². The van der Waals surface area contributed by atoms with E-state index in [1.165, 1.54) is 89.9 Å². The molecule has 0 saturated carbocycles. The van der Waals surface area contributed by atoms with Gasteiger partial charge >= 0.3 is 19.8 Å². The number of esters is 2. The number of hydrogen-bond acceptors (Lipinski definition) is 8. The van der Waals surface area contributed by atoms with Gasteiger partial charge in [-0.3, -0.25) is 18.6 Å². The van der Waals surface area contributed by atoms with Crippen molar-refractivity contribution in [1.82, 2.24) is 0 Å². The van der Waals surface area contributed by atoms with Crippen LogP contribution in [-0.2, 0) is 32.7 Å². The standard InChI is InChI=1S/C43H78NO8P/c1-3-5-7-9-11-13-15-17-19-20-22-23-25-27-29-31-33-35-42(45)49-39-41(40-51-53(47,48)50-38-37-44)52-43(46)36-34-32-30-28-26-24-21-18-16-14-12-10-8-6-4-2/h14,16-17,19,22-23,27,29,41H,3-13,15,18,20-21,24-26,28,30-40,44H2,1-2H3,(H,47,48)/b16-14-,19-17-,23-22-,29-27-/t41-/m1/s1. The molecule has 0 aromatic heterocycles. The first-order valence-corrected chi connectivity index (χ1v) is 22.6. The third-order valence-electron chi connectivity index (χ3n) is 8.69. The van der Waals surface area contributed by atoms with Crippen LogP contribution in [0, 0.1) is 0 Å². The lowest BCUT2D eigenvalue weighted by molar-refractivity contribution is -0.161. The molecule has 0 fully saturated rings. The van der Waals surface area contributed by atoms with Gasteiger partial charge in [0.1, 0.15) is 6.61 Å². The second-order valence-corrected chi connectivity index (χ2v) is 15.3. The van der Waals surface area contributed by atoms with Crippen LogP contribution in [0.25, 0.3) is 0 Å². The summed E-state index contributed by atoms with van der Waals surface area (Å²) in [4.78, 5) is 34.8. The minimum Gasteiger partial charge on any atom is -0.462 e. The fourth-order valence-electron chi connectivity index (χ4n) is 5.53. The fourth-order valence-corrected chi connectivity index (χ4v) is 6.29. The summed E-state index contributed by atoms with van der Waals surface area (Å²) in [6.07, 6.45) is 44.3. The van der Waals surface area contributed by atoms with E-state index in [0.29, 0.717) is 12.8 Å². The number of hydrogen-bond donors (Lipinski definition) is 2. The molecule has 0 bridgehead atoms. The van der Waals surface area contributed by atoms with E-state index in [0.717, 1.165) is 51.4 Å². The highest BCUT2D eigenvalue weighted by Crippen LogP contribution is 2.43. The molecule has 0 aliphatic carbocycles. The van der Waals surface area contributed by atoms with Gasteiger partial charge in [0.05, 0.1) is 13.2 Å². The van der Waals surface area contributed by atoms with E-state index in [9.17, 15) is 19.0 Å². The monoisotopic (exact) mass is 768 g/mol. The fraction of sp³-hybridized carbons (Fsp3) is 0.767. The zero-order chi connectivity index (χ0) is 38.9. The third-order valence-corrected chi connectivity index (χ3v) is 9.67. The lowest BCUT2D eigenvalue weighted by atomic mass is 10.1. The summed E-state index contributed by atoms with van der Waals surface area (Å²) in [6, 6.07) is 0. The number of nitrogens with two attached hydrogens (primary N) is 1. The first-order valence-electron chi connectivity index (χ1n) is 21.1. The average molecular weight is 768 g/mol. The summed E-state index contributed by atoms with van der Waals surface area (Å²) >= 11 is 0. The van der Waals surface area contributed by atoms with E-state index in [-0.39, 0.29) is 32.6 Å². The Morgan fingerprint density at radius 1 is 0.566 bits per heavy atom. The topological polar surface area (TPSA) is 134 Å². The molecule has 0 aliphatic rings. The zero-order valence-corrected chi connectivity index (χ0v) is 34.6. The predicted octanol–water partition coefficient (Wildman–Crippen LogP) is 11.9. The minimum atomic E-state index is -4.39. The molecule has 0 heterocycles. The molecule has 2 atom stereocenters. The Balaban J connectivity index is 4.26. The summed E-state index contributed by atoms with van der Waals surface area (Å²) in [5, 5.41) is 0. The average Bonchev–Trinajstić information content (AvgIpc) is 3.14. The smallest absolute Gasteiger partial charge is 0.462 e. The number of phosphoric ester groups is 1. The van der Waals surface area contributed by atoms with Gasteiger partial charge in [-0.05, 0) is 70.6 Å². The molecule has 0 aromatic rings. The highest BCUT2D eigenvalue weighted by Gasteiger charge is 2.25. The van der Waals surface area contributed by atoms with Gasteiger partial charge in [0, 0.05) is 19.4 Å². The second-order valence-electron chi connectivity index (χ2n) is 13.8. The lowest BCUT2D eigenvalue weighted by Crippen LogP contribution is -2.29. The van der Waals surface area contributed by atoms with Crippen LogP contribution >= 0.6 is 7.82 Å². The van der Waals surface area contributed by atoms with Crippen LogP contribution in [0.2, 0.25) is 0 Å². The maximum atomic E-state index is 12.6. The third kappa shape index (κ3) is 39.5. The van der Waals surface area contributed by atoms with Crippen LogP contribution in [0.3, 0.4) is 0 Å². The van der Waals surface area contributed by atoms with E-state index in [2.05, 4.69) is 62.5 Å². The molecule has 9 nitrogen and oxygen atoms in total. The Hall–Kier alpha value is -2.03. The van der Waals surface area contributed by atoms with Crippen molar-refractivity contribution in [3.63, 3.8) is 0 Å². The molecule has 0 aliphatic heterocycles. The van der Waals surface area contributed by atoms with Crippen molar-refractivity contribution in [3.05, 3.63) is 48.6 Å². The van der Waals surface area contributed by atoms with Crippen molar-refractivity contribution in [1.29, 1.82) is 0 Å². The van der Waals surface area contributed by atoms with E-state index >= 15 is 0 Å². The minimum absolute atomic E-state index is 0.0451. The largest absolute Gasteiger partial charge is 0.472 e. The van der Waals surface area contributed by atoms with Crippen LogP contribution < -0.4 is 5.73 Å². The SMILES string of the molecule is CCCCCC/C=C\CCCCCCCCCC(=O)O[C@H](COC(=O)CCC/C=C\C/C=C\C/C=C\CCCCCCCC)COP(=O)(O)OCCN. The molecular formula is C43H78NO8P. The Bertz CT molecular complexity index is 1010. The summed E-state index contributed by atoms with van der Waals surface area (Å²) in [5.41, 5.74) is 5.34. The van der Waals surface area contributed by atoms with Crippen LogP contribution in [-0.4, -0.2) is 49.3 Å². The van der Waals surface area contributed by atoms with E-state index < -0.39 is 32.5 Å². The van der Waals surface area contributed by atoms with Gasteiger partial charge in [-0.1, -0.05) is 146 Å². The van der Waals surface area contributed by atoms with Crippen LogP contribution in [0.1, 0.15) is 181 Å². The molecule has 0 rings (SSSR count). The van der Waals surface area contributed by atoms with E-state index in [1.54, 1.807) is 0 Å². The van der Waals surface area contributed by atoms with Crippen molar-refractivity contribution in [2.24, 2.45) is 5.73 Å². The molecule has 10 heteroatoms. The summed E-state index contributed by atoms with van der Waals surface area (Å²) in [5.74, 6) is -0.896. The Morgan fingerprint density at radius 2 is 1.00 bits per heavy atom. The Labute approximate surface area is 324 Å². The van der Waals surface area contributed by atoms with Crippen LogP contribution in [0.15, 0.2) is 48.6 Å². The number of carbonyl (C=O) groups excluding carboxylic acids is 2. The van der Waals surface area contributed by atoms with Gasteiger partial charge in [0.2, 0.25) is 0 Å². The van der Waals surface area contributed by atoms with Gasteiger partial charge in [0.25, 0.3) is 0 Å². The van der Waals surface area contributed by atoms with Gasteiger partial charge in [0.15, 0.2) is 6.10 Å². The maximum absolute atomic E-state index is 12.6. The van der Waals surface area contributed by atoms with E-state index in [1.807, 2.05) is 0 Å². The molecule has 0 radical (unpaired) electrons. The zero-order valence-electron chi connectivity index (χ0n) is 33.7. The molecule has 0 spiro atoms. The van der Waals surface area contributed by atoms with Crippen molar-refractivity contribution in [2.45, 2.75) is 187 Å². The number of phosphoric acid groups is 1. The number of unbranched alkanes of at least 4 members (excludes halogenated alkanes) is 18. The maximum Gasteiger partial charge on any atom is 0.472 e. The Morgan fingerprint density at radius 3 is 1.55 bits per heavy atom. The molecule has 3 N–H and O–H groups in total. The number of ether oxygens (including phenoxy) is 2. The van der Waals surface area contributed by atoms with Crippen molar-refractivity contribution < 1.29 is 37.6 Å². The predicted molar refractivity (Wildman–Crippen MR) is 220 cm³/mol. The molecule has 308 valence electrons. The quantitative estimate of drug-likeness (QED) is 0.0271. The van der Waals surface area contributed by atoms with Gasteiger partial charge in [-0.25, -0.2) is 4.57 Å². The molecule has 1 unspecified atom stereocenters. The highest BCUT2D eigenvalue weighted by molar-refractivity contribution is 7.47. The summed E-state index contributed by atoms with van der Waals surface area (Å²) < 4.78 is 32.7. The first-order chi connectivity index (χ1) is 25.8. The van der Waals surface area contributed by atoms with E-state index in [4.69, 9.17) is 24.3 Å². The van der Waals surface area contributed by atoms with Gasteiger partial charge in [-0.15, -0.1) is 0 Å². The van der Waals surface area contributed by atoms with Crippen LogP contribution in [0.4, 0.5) is 0 Å². The van der Waals surface area contributed by atoms with Crippen molar-refractivity contribution in [2.75, 3.05) is 26.4 Å². The lowest BCUT2D eigenvalue weighted by Gasteiger charge is -2.19. The highest BCUT2D eigenvalue weighted by atomic mass is 31.2. The van der Waals surface area contributed by atoms with Crippen LogP contribution in [0.5, 0.6) is 0 Å².